The highest BCUT2D eigenvalue weighted by Gasteiger charge is 2.43. The Kier molecular flexibility index (Phi) is 5.58. The predicted molar refractivity (Wildman–Crippen MR) is 109 cm³/mol. The van der Waals surface area contributed by atoms with E-state index in [9.17, 15) is 4.79 Å². The van der Waals surface area contributed by atoms with Crippen LogP contribution < -0.4 is 5.32 Å². The number of carbonyl (C=O) groups is 1. The van der Waals surface area contributed by atoms with Crippen LogP contribution in [0.25, 0.3) is 0 Å². The second kappa shape index (κ2) is 8.26. The molecule has 1 heterocycles. The minimum atomic E-state index is -0.0351. The average molecular weight is 363 g/mol. The molecule has 2 fully saturated rings. The molecule has 0 radical (unpaired) electrons. The molecule has 1 N–H and O–H groups in total. The molecular weight excluding hydrogens is 332 g/mol. The Morgan fingerprint density at radius 1 is 1.04 bits per heavy atom. The van der Waals surface area contributed by atoms with Crippen molar-refractivity contribution in [2.45, 2.75) is 44.7 Å². The molecule has 1 unspecified atom stereocenters. The molecule has 0 aromatic heterocycles. The monoisotopic (exact) mass is 362 g/mol. The summed E-state index contributed by atoms with van der Waals surface area (Å²) in [5.41, 5.74) is 2.51. The quantitative estimate of drug-likeness (QED) is 0.835. The molecule has 142 valence electrons. The number of rotatable bonds is 6. The molecule has 3 nitrogen and oxygen atoms in total. The van der Waals surface area contributed by atoms with Crippen molar-refractivity contribution in [2.75, 3.05) is 13.1 Å². The van der Waals surface area contributed by atoms with Crippen molar-refractivity contribution in [3.63, 3.8) is 0 Å². The number of hydrogen-bond acceptors (Lipinski definition) is 2. The largest absolute Gasteiger partial charge is 0.353 e. The van der Waals surface area contributed by atoms with Crippen LogP contribution >= 0.6 is 0 Å². The molecule has 1 saturated heterocycles. The van der Waals surface area contributed by atoms with Crippen molar-refractivity contribution < 1.29 is 4.79 Å². The summed E-state index contributed by atoms with van der Waals surface area (Å²) in [6.07, 6.45) is 3.21. The van der Waals surface area contributed by atoms with Gasteiger partial charge in [0.2, 0.25) is 5.91 Å². The molecule has 4 rings (SSSR count). The molecule has 4 atom stereocenters. The summed E-state index contributed by atoms with van der Waals surface area (Å²) in [5.74, 6) is 1.50. The lowest BCUT2D eigenvalue weighted by Gasteiger charge is -2.24. The normalized spacial score (nSPS) is 25.9. The van der Waals surface area contributed by atoms with Gasteiger partial charge in [-0.25, -0.2) is 0 Å². The van der Waals surface area contributed by atoms with Crippen molar-refractivity contribution in [3.05, 3.63) is 71.8 Å². The SMILES string of the molecule is CCC(C(=O)N[C@H]1CC[C@@H]2CN(Cc3ccccc3)C[C@@H]21)c1ccccc1. The van der Waals surface area contributed by atoms with Crippen molar-refractivity contribution in [2.24, 2.45) is 11.8 Å². The maximum absolute atomic E-state index is 13.0. The zero-order valence-electron chi connectivity index (χ0n) is 16.2. The molecule has 2 aromatic carbocycles. The van der Waals surface area contributed by atoms with Gasteiger partial charge in [0.05, 0.1) is 5.92 Å². The summed E-state index contributed by atoms with van der Waals surface area (Å²) in [6, 6.07) is 21.3. The second-order valence-corrected chi connectivity index (χ2v) is 8.17. The first-order valence-corrected chi connectivity index (χ1v) is 10.4. The van der Waals surface area contributed by atoms with Crippen LogP contribution in [-0.4, -0.2) is 29.9 Å². The van der Waals surface area contributed by atoms with Gasteiger partial charge in [-0.2, -0.15) is 0 Å². The van der Waals surface area contributed by atoms with Crippen molar-refractivity contribution in [1.29, 1.82) is 0 Å². The summed E-state index contributed by atoms with van der Waals surface area (Å²) in [6.45, 7) is 5.40. The molecule has 2 aromatic rings. The van der Waals surface area contributed by atoms with E-state index in [-0.39, 0.29) is 11.8 Å². The van der Waals surface area contributed by atoms with Gasteiger partial charge in [0.25, 0.3) is 0 Å². The lowest BCUT2D eigenvalue weighted by Crippen LogP contribution is -2.41. The van der Waals surface area contributed by atoms with Gasteiger partial charge in [0, 0.05) is 25.7 Å². The van der Waals surface area contributed by atoms with Gasteiger partial charge in [0.1, 0.15) is 0 Å². The Labute approximate surface area is 162 Å². The zero-order valence-corrected chi connectivity index (χ0v) is 16.2. The van der Waals surface area contributed by atoms with Crippen LogP contribution in [0.1, 0.15) is 43.2 Å². The van der Waals surface area contributed by atoms with E-state index in [1.807, 2.05) is 18.2 Å². The van der Waals surface area contributed by atoms with E-state index in [1.165, 1.54) is 18.5 Å². The molecule has 27 heavy (non-hydrogen) atoms. The van der Waals surface area contributed by atoms with Gasteiger partial charge in [-0.3, -0.25) is 9.69 Å². The maximum Gasteiger partial charge on any atom is 0.227 e. The highest BCUT2D eigenvalue weighted by atomic mass is 16.1. The molecule has 1 amide bonds. The first kappa shape index (κ1) is 18.2. The topological polar surface area (TPSA) is 32.3 Å². The highest BCUT2D eigenvalue weighted by Crippen LogP contribution is 2.39. The van der Waals surface area contributed by atoms with Crippen LogP contribution in [0.4, 0.5) is 0 Å². The summed E-state index contributed by atoms with van der Waals surface area (Å²) >= 11 is 0. The lowest BCUT2D eigenvalue weighted by atomic mass is 9.93. The van der Waals surface area contributed by atoms with E-state index >= 15 is 0 Å². The summed E-state index contributed by atoms with van der Waals surface area (Å²) in [4.78, 5) is 15.5. The summed E-state index contributed by atoms with van der Waals surface area (Å²) in [7, 11) is 0. The fourth-order valence-electron chi connectivity index (χ4n) is 5.05. The van der Waals surface area contributed by atoms with E-state index in [0.717, 1.165) is 37.4 Å². The van der Waals surface area contributed by atoms with Gasteiger partial charge in [-0.05, 0) is 42.2 Å². The predicted octanol–water partition coefficient (Wildman–Crippen LogP) is 4.21. The Balaban J connectivity index is 1.37. The molecule has 2 aliphatic rings. The fourth-order valence-corrected chi connectivity index (χ4v) is 5.05. The summed E-state index contributed by atoms with van der Waals surface area (Å²) < 4.78 is 0. The van der Waals surface area contributed by atoms with Crippen LogP contribution in [0.5, 0.6) is 0 Å². The standard InChI is InChI=1S/C24H30N2O/c1-2-21(19-11-7-4-8-12-19)24(27)25-23-14-13-20-16-26(17-22(20)23)15-18-9-5-3-6-10-18/h3-12,20-23H,2,13-17H2,1H3,(H,25,27)/t20-,21?,22+,23+/m1/s1. The van der Waals surface area contributed by atoms with Gasteiger partial charge in [0.15, 0.2) is 0 Å². The third-order valence-corrected chi connectivity index (χ3v) is 6.44. The van der Waals surface area contributed by atoms with E-state index in [0.29, 0.717) is 12.0 Å². The fraction of sp³-hybridized carbons (Fsp3) is 0.458. The highest BCUT2D eigenvalue weighted by molar-refractivity contribution is 5.83. The first-order valence-electron chi connectivity index (χ1n) is 10.4. The lowest BCUT2D eigenvalue weighted by molar-refractivity contribution is -0.123. The van der Waals surface area contributed by atoms with Crippen molar-refractivity contribution in [1.82, 2.24) is 10.2 Å². The van der Waals surface area contributed by atoms with Crippen molar-refractivity contribution >= 4 is 5.91 Å². The number of fused-ring (bicyclic) bond motifs is 1. The van der Waals surface area contributed by atoms with Gasteiger partial charge >= 0.3 is 0 Å². The van der Waals surface area contributed by atoms with Gasteiger partial charge in [-0.15, -0.1) is 0 Å². The minimum Gasteiger partial charge on any atom is -0.353 e. The van der Waals surface area contributed by atoms with Crippen LogP contribution in [0, 0.1) is 11.8 Å². The molecule has 0 bridgehead atoms. The van der Waals surface area contributed by atoms with Crippen LogP contribution in [0.3, 0.4) is 0 Å². The third kappa shape index (κ3) is 4.08. The minimum absolute atomic E-state index is 0.0351. The van der Waals surface area contributed by atoms with E-state index in [4.69, 9.17) is 0 Å². The number of nitrogens with zero attached hydrogens (tertiary/aromatic N) is 1. The Morgan fingerprint density at radius 2 is 1.74 bits per heavy atom. The molecule has 1 saturated carbocycles. The Morgan fingerprint density at radius 3 is 2.44 bits per heavy atom. The first-order chi connectivity index (χ1) is 13.2. The average Bonchev–Trinajstić information content (AvgIpc) is 3.25. The maximum atomic E-state index is 13.0. The zero-order chi connectivity index (χ0) is 18.6. The van der Waals surface area contributed by atoms with Gasteiger partial charge in [-0.1, -0.05) is 67.6 Å². The molecule has 3 heteroatoms. The third-order valence-electron chi connectivity index (χ3n) is 6.44. The van der Waals surface area contributed by atoms with Crippen molar-refractivity contribution in [3.8, 4) is 0 Å². The second-order valence-electron chi connectivity index (χ2n) is 8.17. The molecule has 1 aliphatic heterocycles. The molecular formula is C24H30N2O. The Bertz CT molecular complexity index is 745. The summed E-state index contributed by atoms with van der Waals surface area (Å²) in [5, 5.41) is 3.42. The van der Waals surface area contributed by atoms with E-state index < -0.39 is 0 Å². The number of amides is 1. The smallest absolute Gasteiger partial charge is 0.227 e. The number of nitrogens with one attached hydrogen (secondary N) is 1. The van der Waals surface area contributed by atoms with Crippen LogP contribution in [0.2, 0.25) is 0 Å². The van der Waals surface area contributed by atoms with Gasteiger partial charge < -0.3 is 5.32 Å². The van der Waals surface area contributed by atoms with Crippen LogP contribution in [0.15, 0.2) is 60.7 Å². The Hall–Kier alpha value is -2.13. The van der Waals surface area contributed by atoms with Crippen LogP contribution in [-0.2, 0) is 11.3 Å². The number of hydrogen-bond donors (Lipinski definition) is 1. The number of likely N-dealkylation sites (tertiary alicyclic amines) is 1. The molecule has 0 spiro atoms. The molecule has 1 aliphatic carbocycles. The van der Waals surface area contributed by atoms with E-state index in [2.05, 4.69) is 59.6 Å². The number of benzene rings is 2. The van der Waals surface area contributed by atoms with E-state index in [1.54, 1.807) is 0 Å². The number of carbonyl (C=O) groups excluding carboxylic acids is 1.